The first-order valence-corrected chi connectivity index (χ1v) is 9.88. The van der Waals surface area contributed by atoms with Crippen molar-refractivity contribution < 1.29 is 27.5 Å². The van der Waals surface area contributed by atoms with Gasteiger partial charge in [0.1, 0.15) is 17.3 Å². The lowest BCUT2D eigenvalue weighted by atomic mass is 10.2. The first kappa shape index (κ1) is 21.2. The number of hydrogen-bond acceptors (Lipinski definition) is 6. The number of carbonyl (C=O) groups is 2. The number of methoxy groups -OCH3 is 2. The number of nitrogens with one attached hydrogen (secondary N) is 2. The van der Waals surface area contributed by atoms with Crippen molar-refractivity contribution in [3.63, 3.8) is 0 Å². The fourth-order valence-electron chi connectivity index (χ4n) is 2.39. The molecule has 2 N–H and O–H groups in total. The van der Waals surface area contributed by atoms with Gasteiger partial charge < -0.3 is 19.6 Å². The Balaban J connectivity index is 2.29. The highest BCUT2D eigenvalue weighted by Gasteiger charge is 2.19. The summed E-state index contributed by atoms with van der Waals surface area (Å²) in [7, 11) is -1.10. The van der Waals surface area contributed by atoms with Crippen LogP contribution in [0.25, 0.3) is 0 Å². The SMILES string of the molecule is COc1ccc(S(=O)(=O)Nc2ccccc2OC)cc1NC(=O)CCC(C)=O. The zero-order valence-electron chi connectivity index (χ0n) is 15.8. The lowest BCUT2D eigenvalue weighted by Gasteiger charge is -2.14. The van der Waals surface area contributed by atoms with Crippen LogP contribution in [-0.2, 0) is 19.6 Å². The van der Waals surface area contributed by atoms with Gasteiger partial charge in [-0.3, -0.25) is 9.52 Å². The molecule has 0 radical (unpaired) electrons. The van der Waals surface area contributed by atoms with Crippen LogP contribution in [0, 0.1) is 0 Å². The first-order valence-electron chi connectivity index (χ1n) is 8.40. The van der Waals surface area contributed by atoms with Gasteiger partial charge in [-0.2, -0.15) is 0 Å². The molecule has 0 saturated carbocycles. The van der Waals surface area contributed by atoms with Gasteiger partial charge in [0.15, 0.2) is 0 Å². The van der Waals surface area contributed by atoms with E-state index in [1.54, 1.807) is 24.3 Å². The Kier molecular flexibility index (Phi) is 7.00. The van der Waals surface area contributed by atoms with Crippen LogP contribution < -0.4 is 19.5 Å². The molecule has 0 aromatic heterocycles. The maximum Gasteiger partial charge on any atom is 0.262 e. The van der Waals surface area contributed by atoms with E-state index in [4.69, 9.17) is 9.47 Å². The van der Waals surface area contributed by atoms with E-state index in [0.29, 0.717) is 11.5 Å². The van der Waals surface area contributed by atoms with Crippen LogP contribution in [0.4, 0.5) is 11.4 Å². The highest BCUT2D eigenvalue weighted by Crippen LogP contribution is 2.30. The van der Waals surface area contributed by atoms with E-state index in [2.05, 4.69) is 10.0 Å². The van der Waals surface area contributed by atoms with Crippen molar-refractivity contribution in [1.82, 2.24) is 0 Å². The van der Waals surface area contributed by atoms with Gasteiger partial charge in [-0.05, 0) is 37.3 Å². The minimum Gasteiger partial charge on any atom is -0.495 e. The second-order valence-electron chi connectivity index (χ2n) is 5.92. The lowest BCUT2D eigenvalue weighted by Crippen LogP contribution is -2.16. The zero-order valence-corrected chi connectivity index (χ0v) is 16.6. The highest BCUT2D eigenvalue weighted by atomic mass is 32.2. The van der Waals surface area contributed by atoms with Crippen molar-refractivity contribution in [3.05, 3.63) is 42.5 Å². The second kappa shape index (κ2) is 9.23. The molecule has 0 aliphatic carbocycles. The fraction of sp³-hybridized carbons (Fsp3) is 0.263. The van der Waals surface area contributed by atoms with Crippen LogP contribution in [0.1, 0.15) is 19.8 Å². The van der Waals surface area contributed by atoms with Crippen LogP contribution >= 0.6 is 0 Å². The minimum atomic E-state index is -3.95. The molecular formula is C19H22N2O6S. The molecule has 9 heteroatoms. The molecule has 0 heterocycles. The number of anilines is 2. The van der Waals surface area contributed by atoms with Crippen molar-refractivity contribution in [2.75, 3.05) is 24.3 Å². The summed E-state index contributed by atoms with van der Waals surface area (Å²) in [5.41, 5.74) is 0.479. The van der Waals surface area contributed by atoms with Crippen molar-refractivity contribution in [2.24, 2.45) is 0 Å². The van der Waals surface area contributed by atoms with E-state index in [9.17, 15) is 18.0 Å². The van der Waals surface area contributed by atoms with Gasteiger partial charge in [-0.25, -0.2) is 8.42 Å². The first-order chi connectivity index (χ1) is 13.3. The Hall–Kier alpha value is -3.07. The van der Waals surface area contributed by atoms with Crippen molar-refractivity contribution in [3.8, 4) is 11.5 Å². The highest BCUT2D eigenvalue weighted by molar-refractivity contribution is 7.92. The van der Waals surface area contributed by atoms with E-state index < -0.39 is 15.9 Å². The normalized spacial score (nSPS) is 10.8. The average molecular weight is 406 g/mol. The molecule has 0 spiro atoms. The number of sulfonamides is 1. The van der Waals surface area contributed by atoms with E-state index in [0.717, 1.165) is 0 Å². The molecule has 0 fully saturated rings. The molecule has 150 valence electrons. The van der Waals surface area contributed by atoms with Gasteiger partial charge in [-0.1, -0.05) is 12.1 Å². The minimum absolute atomic E-state index is 0.00503. The van der Waals surface area contributed by atoms with E-state index in [1.807, 2.05) is 0 Å². The number of benzene rings is 2. The average Bonchev–Trinajstić information content (AvgIpc) is 2.66. The molecule has 2 aromatic rings. The van der Waals surface area contributed by atoms with E-state index in [1.165, 1.54) is 39.3 Å². The van der Waals surface area contributed by atoms with Gasteiger partial charge in [0, 0.05) is 12.8 Å². The van der Waals surface area contributed by atoms with Gasteiger partial charge >= 0.3 is 0 Å². The summed E-state index contributed by atoms with van der Waals surface area (Å²) in [6, 6.07) is 10.7. The van der Waals surface area contributed by atoms with Crippen LogP contribution in [-0.4, -0.2) is 34.3 Å². The summed E-state index contributed by atoms with van der Waals surface area (Å²) in [5.74, 6) is 0.143. The van der Waals surface area contributed by atoms with E-state index >= 15 is 0 Å². The molecular weight excluding hydrogens is 384 g/mol. The predicted molar refractivity (Wildman–Crippen MR) is 105 cm³/mol. The molecule has 0 atom stereocenters. The molecule has 8 nitrogen and oxygen atoms in total. The van der Waals surface area contributed by atoms with Crippen LogP contribution in [0.5, 0.6) is 11.5 Å². The van der Waals surface area contributed by atoms with Crippen LogP contribution in [0.15, 0.2) is 47.4 Å². The third-order valence-corrected chi connectivity index (χ3v) is 5.17. The third kappa shape index (κ3) is 5.46. The molecule has 2 aromatic carbocycles. The van der Waals surface area contributed by atoms with Crippen molar-refractivity contribution >= 4 is 33.1 Å². The molecule has 0 bridgehead atoms. The van der Waals surface area contributed by atoms with Gasteiger partial charge in [0.05, 0.1) is 30.5 Å². The molecule has 28 heavy (non-hydrogen) atoms. The van der Waals surface area contributed by atoms with Crippen molar-refractivity contribution in [2.45, 2.75) is 24.7 Å². The maximum absolute atomic E-state index is 12.8. The smallest absolute Gasteiger partial charge is 0.262 e. The lowest BCUT2D eigenvalue weighted by molar-refractivity contribution is -0.121. The third-order valence-electron chi connectivity index (χ3n) is 3.81. The Labute approximate surface area is 163 Å². The number of carbonyl (C=O) groups excluding carboxylic acids is 2. The Bertz CT molecular complexity index is 972. The largest absolute Gasteiger partial charge is 0.495 e. The number of hydrogen-bond donors (Lipinski definition) is 2. The summed E-state index contributed by atoms with van der Waals surface area (Å²) >= 11 is 0. The second-order valence-corrected chi connectivity index (χ2v) is 7.60. The molecule has 0 saturated heterocycles. The van der Waals surface area contributed by atoms with Gasteiger partial charge in [0.2, 0.25) is 5.91 Å². The number of ether oxygens (including phenoxy) is 2. The quantitative estimate of drug-likeness (QED) is 0.662. The Morgan fingerprint density at radius 3 is 2.21 bits per heavy atom. The standard InChI is InChI=1S/C19H22N2O6S/c1-13(22)8-11-19(23)20-16-12-14(9-10-18(16)27-3)28(24,25)21-15-6-4-5-7-17(15)26-2/h4-7,9-10,12,21H,8,11H2,1-3H3,(H,20,23). The molecule has 0 unspecified atom stereocenters. The van der Waals surface area contributed by atoms with Gasteiger partial charge in [0.25, 0.3) is 10.0 Å². The number of ketones is 1. The number of Topliss-reactive ketones (excluding diaryl/α,β-unsaturated/α-hetero) is 1. The zero-order chi connectivity index (χ0) is 20.7. The van der Waals surface area contributed by atoms with Gasteiger partial charge in [-0.15, -0.1) is 0 Å². The summed E-state index contributed by atoms with van der Waals surface area (Å²) < 4.78 is 38.3. The number of amides is 1. The topological polar surface area (TPSA) is 111 Å². The summed E-state index contributed by atoms with van der Waals surface area (Å²) in [5, 5.41) is 2.58. The van der Waals surface area contributed by atoms with Crippen LogP contribution in [0.3, 0.4) is 0 Å². The molecule has 1 amide bonds. The molecule has 0 aliphatic rings. The maximum atomic E-state index is 12.8. The monoisotopic (exact) mass is 406 g/mol. The summed E-state index contributed by atoms with van der Waals surface area (Å²) in [6.07, 6.45) is 0.0937. The molecule has 2 rings (SSSR count). The number of para-hydroxylation sites is 2. The summed E-state index contributed by atoms with van der Waals surface area (Å²) in [4.78, 5) is 23.0. The molecule has 0 aliphatic heterocycles. The number of rotatable bonds is 9. The van der Waals surface area contributed by atoms with Crippen LogP contribution in [0.2, 0.25) is 0 Å². The fourth-order valence-corrected chi connectivity index (χ4v) is 3.48. The van der Waals surface area contributed by atoms with Crippen molar-refractivity contribution in [1.29, 1.82) is 0 Å². The Morgan fingerprint density at radius 2 is 1.57 bits per heavy atom. The predicted octanol–water partition coefficient (Wildman–Crippen LogP) is 2.81. The summed E-state index contributed by atoms with van der Waals surface area (Å²) in [6.45, 7) is 1.39. The Morgan fingerprint density at radius 1 is 0.929 bits per heavy atom. The van der Waals surface area contributed by atoms with E-state index in [-0.39, 0.29) is 34.9 Å².